The van der Waals surface area contributed by atoms with Gasteiger partial charge in [-0.3, -0.25) is 28.8 Å². The van der Waals surface area contributed by atoms with E-state index in [1.807, 2.05) is 19.9 Å². The smallest absolute Gasteiger partial charge is 0.306 e. The van der Waals surface area contributed by atoms with Crippen molar-refractivity contribution in [1.29, 1.82) is 0 Å². The van der Waals surface area contributed by atoms with Crippen molar-refractivity contribution in [2.45, 2.75) is 134 Å². The lowest BCUT2D eigenvalue weighted by Crippen LogP contribution is -2.69. The van der Waals surface area contributed by atoms with Crippen LogP contribution in [0.3, 0.4) is 0 Å². The first kappa shape index (κ1) is 43.0. The minimum absolute atomic E-state index is 0.00128. The van der Waals surface area contributed by atoms with Crippen LogP contribution in [-0.4, -0.2) is 97.8 Å². The third-order valence-corrected chi connectivity index (χ3v) is 18.0. The maximum absolute atomic E-state index is 17.5. The fourth-order valence-corrected chi connectivity index (χ4v) is 14.8. The number of carbonyl (C=O) groups is 6. The Kier molecular flexibility index (Phi) is 10.2. The van der Waals surface area contributed by atoms with Crippen LogP contribution in [0.2, 0.25) is 0 Å². The molecule has 8 aliphatic carbocycles. The quantitative estimate of drug-likeness (QED) is 0.240. The average Bonchev–Trinajstić information content (AvgIpc) is 3.58. The number of fused-ring (bicyclic) bond motifs is 10. The van der Waals surface area contributed by atoms with Gasteiger partial charge in [0.15, 0.2) is 30.4 Å². The number of aliphatic hydroxyl groups is 4. The molecule has 13 heteroatoms. The molecule has 5 unspecified atom stereocenters. The van der Waals surface area contributed by atoms with E-state index in [1.54, 1.807) is 39.0 Å². The van der Waals surface area contributed by atoms with Gasteiger partial charge in [-0.15, -0.1) is 0 Å². The predicted molar refractivity (Wildman–Crippen MR) is 212 cm³/mol. The van der Waals surface area contributed by atoms with Crippen molar-refractivity contribution in [3.63, 3.8) is 0 Å². The summed E-state index contributed by atoms with van der Waals surface area (Å²) < 4.78 is 28.0. The minimum Gasteiger partial charge on any atom is -0.458 e. The van der Waals surface area contributed by atoms with Gasteiger partial charge >= 0.3 is 11.9 Å². The summed E-state index contributed by atoms with van der Waals surface area (Å²) in [5.74, 6) is -5.70. The summed E-state index contributed by atoms with van der Waals surface area (Å²) in [6.45, 7) is 7.40. The van der Waals surface area contributed by atoms with E-state index >= 15 is 4.39 Å². The Bertz CT molecular complexity index is 2050. The van der Waals surface area contributed by atoms with Crippen molar-refractivity contribution in [1.82, 2.24) is 0 Å². The third-order valence-electron chi connectivity index (χ3n) is 18.0. The van der Waals surface area contributed by atoms with Crippen LogP contribution in [0, 0.1) is 57.2 Å². The van der Waals surface area contributed by atoms with Crippen molar-refractivity contribution in [2.75, 3.05) is 13.2 Å². The highest BCUT2D eigenvalue weighted by atomic mass is 19.1. The number of rotatable bonds is 9. The zero-order valence-corrected chi connectivity index (χ0v) is 35.2. The Hall–Kier alpha value is -3.65. The summed E-state index contributed by atoms with van der Waals surface area (Å²) in [6.07, 6.45) is 9.14. The molecule has 0 aliphatic heterocycles. The topological polar surface area (TPSA) is 202 Å². The molecule has 0 saturated heterocycles. The molecule has 15 atom stereocenters. The van der Waals surface area contributed by atoms with Crippen LogP contribution >= 0.6 is 0 Å². The van der Waals surface area contributed by atoms with Gasteiger partial charge in [0, 0.05) is 33.5 Å². The van der Waals surface area contributed by atoms with E-state index < -0.39 is 118 Å². The second-order valence-electron chi connectivity index (χ2n) is 20.4. The number of esters is 2. The predicted octanol–water partition coefficient (Wildman–Crippen LogP) is 4.35. The minimum atomic E-state index is -2.14. The number of ether oxygens (including phenoxy) is 2. The maximum Gasteiger partial charge on any atom is 0.306 e. The van der Waals surface area contributed by atoms with Crippen LogP contribution in [0.1, 0.15) is 105 Å². The fourth-order valence-electron chi connectivity index (χ4n) is 14.8. The lowest BCUT2D eigenvalue weighted by molar-refractivity contribution is -0.220. The molecule has 12 nitrogen and oxygen atoms in total. The molecule has 8 rings (SSSR count). The first-order valence-electron chi connectivity index (χ1n) is 21.8. The normalized spacial score (nSPS) is 47.4. The summed E-state index contributed by atoms with van der Waals surface area (Å²) in [5.41, 5.74) is -8.38. The first-order valence-corrected chi connectivity index (χ1v) is 21.8. The molecule has 8 aliphatic rings. The van der Waals surface area contributed by atoms with Crippen LogP contribution in [0.4, 0.5) is 4.39 Å². The Morgan fingerprint density at radius 1 is 0.767 bits per heavy atom. The van der Waals surface area contributed by atoms with E-state index in [0.717, 1.165) is 5.57 Å². The number of alkyl halides is 1. The van der Waals surface area contributed by atoms with Crippen LogP contribution in [0.15, 0.2) is 47.6 Å². The zero-order chi connectivity index (χ0) is 43.6. The van der Waals surface area contributed by atoms with Crippen molar-refractivity contribution in [3.8, 4) is 0 Å². The van der Waals surface area contributed by atoms with Crippen LogP contribution in [-0.2, 0) is 38.2 Å². The summed E-state index contributed by atoms with van der Waals surface area (Å²) in [7, 11) is 0. The largest absolute Gasteiger partial charge is 0.458 e. The van der Waals surface area contributed by atoms with Gasteiger partial charge in [0.05, 0.1) is 25.0 Å². The van der Waals surface area contributed by atoms with E-state index in [4.69, 9.17) is 9.47 Å². The van der Waals surface area contributed by atoms with Gasteiger partial charge in [-0.2, -0.15) is 0 Å². The molecule has 4 N–H and O–H groups in total. The Balaban J connectivity index is 0.849. The van der Waals surface area contributed by atoms with Crippen molar-refractivity contribution >= 4 is 35.1 Å². The Morgan fingerprint density at radius 2 is 1.37 bits per heavy atom. The lowest BCUT2D eigenvalue weighted by atomic mass is 9.44. The Labute approximate surface area is 349 Å². The average molecular weight is 835 g/mol. The second kappa shape index (κ2) is 14.2. The lowest BCUT2D eigenvalue weighted by Gasteiger charge is -2.62. The number of ketones is 4. The van der Waals surface area contributed by atoms with Gasteiger partial charge in [0.25, 0.3) is 0 Å². The molecular weight excluding hydrogens is 776 g/mol. The molecule has 0 spiro atoms. The third kappa shape index (κ3) is 5.73. The first-order chi connectivity index (χ1) is 28.0. The van der Waals surface area contributed by atoms with E-state index in [9.17, 15) is 49.2 Å². The number of hydrogen-bond donors (Lipinski definition) is 4. The van der Waals surface area contributed by atoms with Crippen molar-refractivity contribution in [2.24, 2.45) is 57.2 Å². The van der Waals surface area contributed by atoms with E-state index in [-0.39, 0.29) is 48.6 Å². The standard InChI is InChI=1S/C47H59FO12/c1-25-18-33-32-9-7-27-20-29(50)13-16-42(27,3)46(32,48)35(52)22-44(33,5)47(25,58)37(54)24-60-39(56)11-10-38(55)59-23-36(53)45(57)17-14-31-30-8-6-26-19-28(49)12-15-41(26,2)40(30)34(51)21-43(31,45)4/h12-13,15-16,19-20,25,30-35,40,51-52,57-58H,6-11,14,17-18,21-24H2,1-5H3/t25-,30?,31?,32?,33?,34-,35-,40?,41-,42-,43-,44-,45-,46-,47-/m0/s1. The van der Waals surface area contributed by atoms with E-state index in [2.05, 4.69) is 0 Å². The SMILES string of the molecule is C[C@H]1CC2C3CCC4=CC(=O)C=C[C@]4(C)[C@@]3(F)[C@@H](O)C[C@]2(C)[C@@]1(O)C(=O)COC(=O)CCC(=O)OCC(=O)[C@@]1(O)CCC2C3CCC4=CC(=O)C=C[C@]4(C)C3[C@@H](O)C[C@@]21C. The summed E-state index contributed by atoms with van der Waals surface area (Å²) >= 11 is 0. The van der Waals surface area contributed by atoms with Gasteiger partial charge in [0.2, 0.25) is 11.6 Å². The molecule has 0 heterocycles. The highest BCUT2D eigenvalue weighted by Gasteiger charge is 2.76. The molecule has 60 heavy (non-hydrogen) atoms. The summed E-state index contributed by atoms with van der Waals surface area (Å²) in [6, 6.07) is 0. The van der Waals surface area contributed by atoms with Gasteiger partial charge in [0.1, 0.15) is 11.2 Å². The molecule has 6 saturated carbocycles. The summed E-state index contributed by atoms with van der Waals surface area (Å²) in [5, 5.41) is 47.4. The number of hydrogen-bond acceptors (Lipinski definition) is 12. The highest BCUT2D eigenvalue weighted by Crippen LogP contribution is 2.71. The van der Waals surface area contributed by atoms with Crippen molar-refractivity contribution in [3.05, 3.63) is 47.6 Å². The summed E-state index contributed by atoms with van der Waals surface area (Å²) in [4.78, 5) is 77.4. The van der Waals surface area contributed by atoms with E-state index in [0.29, 0.717) is 44.1 Å². The molecule has 0 amide bonds. The molecule has 0 radical (unpaired) electrons. The molecule has 326 valence electrons. The molecule has 6 fully saturated rings. The maximum atomic E-state index is 17.5. The Morgan fingerprint density at radius 3 is 2.03 bits per heavy atom. The van der Waals surface area contributed by atoms with Gasteiger partial charge in [-0.05, 0) is 113 Å². The van der Waals surface area contributed by atoms with Crippen molar-refractivity contribution < 1.29 is 63.1 Å². The monoisotopic (exact) mass is 834 g/mol. The molecule has 0 aromatic rings. The van der Waals surface area contributed by atoms with Gasteiger partial charge in [-0.25, -0.2) is 4.39 Å². The van der Waals surface area contributed by atoms with Gasteiger partial charge < -0.3 is 29.9 Å². The number of carbonyl (C=O) groups excluding carboxylic acids is 6. The number of Topliss-reactive ketones (excluding diaryl/α,β-unsaturated/α-hetero) is 2. The van der Waals surface area contributed by atoms with E-state index in [1.165, 1.54) is 12.2 Å². The van der Waals surface area contributed by atoms with Crippen LogP contribution in [0.5, 0.6) is 0 Å². The molecule has 0 aromatic heterocycles. The fraction of sp³-hybridized carbons (Fsp3) is 0.702. The highest BCUT2D eigenvalue weighted by molar-refractivity contribution is 6.02. The number of halogens is 1. The van der Waals surface area contributed by atoms with Crippen LogP contribution < -0.4 is 0 Å². The number of aliphatic hydroxyl groups excluding tert-OH is 2. The zero-order valence-electron chi connectivity index (χ0n) is 35.2. The van der Waals surface area contributed by atoms with Gasteiger partial charge in [-0.1, -0.05) is 51.0 Å². The second-order valence-corrected chi connectivity index (χ2v) is 20.4. The molecule has 0 aromatic carbocycles. The number of allylic oxidation sites excluding steroid dienone is 8. The molecule has 0 bridgehead atoms. The van der Waals surface area contributed by atoms with Crippen LogP contribution in [0.25, 0.3) is 0 Å². The molecular formula is C47H59FO12.